The van der Waals surface area contributed by atoms with Crippen molar-refractivity contribution >= 4 is 33.8 Å². The van der Waals surface area contributed by atoms with Gasteiger partial charge in [0.1, 0.15) is 12.0 Å². The maximum Gasteiger partial charge on any atom is 0.265 e. The Morgan fingerprint density at radius 2 is 1.66 bits per heavy atom. The number of hydrogen-bond acceptors (Lipinski definition) is 8. The van der Waals surface area contributed by atoms with Crippen LogP contribution in [0, 0.1) is 11.6 Å². The van der Waals surface area contributed by atoms with Crippen LogP contribution >= 0.6 is 0 Å². The van der Waals surface area contributed by atoms with Gasteiger partial charge in [0.2, 0.25) is 0 Å². The topological polar surface area (TPSA) is 101 Å². The fraction of sp³-hybridized carbons (Fsp3) is 0.179. The minimum atomic E-state index is -1.66. The van der Waals surface area contributed by atoms with Gasteiger partial charge in [0.25, 0.3) is 5.56 Å². The predicted molar refractivity (Wildman–Crippen MR) is 152 cm³/mol. The molecular weight excluding hydrogens is 554 g/mol. The summed E-state index contributed by atoms with van der Waals surface area (Å²) in [4.78, 5) is 23.6. The highest BCUT2D eigenvalue weighted by molar-refractivity contribution is 7.87. The number of aromatic nitrogens is 4. The highest BCUT2D eigenvalue weighted by Gasteiger charge is 2.29. The van der Waals surface area contributed by atoms with Gasteiger partial charge >= 0.3 is 0 Å². The Labute approximate surface area is 237 Å². The molecule has 3 aromatic carbocycles. The Morgan fingerprint density at radius 1 is 0.976 bits per heavy atom. The number of halogens is 2. The number of para-hydroxylation sites is 1. The van der Waals surface area contributed by atoms with Crippen LogP contribution in [0.15, 0.2) is 78.1 Å². The summed E-state index contributed by atoms with van der Waals surface area (Å²) in [5, 5.41) is 0.217. The fourth-order valence-electron chi connectivity index (χ4n) is 4.35. The van der Waals surface area contributed by atoms with Crippen molar-refractivity contribution in [3.63, 3.8) is 0 Å². The highest BCUT2D eigenvalue weighted by atomic mass is 32.2. The SMILES string of the molecule is COc1cc(OC)c(F)c(N(Cc2nccn2[S+]([O-])N(C)C)c2ccc3ncn(-c4ccccc4)c(=O)c3c2)c1F. The molecule has 2 aromatic heterocycles. The van der Waals surface area contributed by atoms with E-state index < -0.39 is 28.9 Å². The summed E-state index contributed by atoms with van der Waals surface area (Å²) in [7, 11) is 5.76. The van der Waals surface area contributed by atoms with E-state index in [0.717, 1.165) is 6.07 Å². The monoisotopic (exact) mass is 580 g/mol. The van der Waals surface area contributed by atoms with Gasteiger partial charge in [0, 0.05) is 25.8 Å². The molecule has 0 aliphatic heterocycles. The van der Waals surface area contributed by atoms with Crippen LogP contribution in [-0.2, 0) is 18.1 Å². The molecule has 0 bridgehead atoms. The third-order valence-corrected chi connectivity index (χ3v) is 7.66. The number of fused-ring (bicyclic) bond motifs is 1. The summed E-state index contributed by atoms with van der Waals surface area (Å²) in [5.74, 6) is -2.25. The lowest BCUT2D eigenvalue weighted by atomic mass is 10.1. The van der Waals surface area contributed by atoms with Crippen LogP contribution < -0.4 is 19.9 Å². The zero-order valence-corrected chi connectivity index (χ0v) is 23.4. The van der Waals surface area contributed by atoms with E-state index in [4.69, 9.17) is 9.47 Å². The predicted octanol–water partition coefficient (Wildman–Crippen LogP) is 4.20. The average Bonchev–Trinajstić information content (AvgIpc) is 3.45. The molecule has 2 heterocycles. The molecule has 0 aliphatic carbocycles. The van der Waals surface area contributed by atoms with Gasteiger partial charge < -0.3 is 18.9 Å². The lowest BCUT2D eigenvalue weighted by molar-refractivity contribution is 0.358. The van der Waals surface area contributed by atoms with E-state index in [1.165, 1.54) is 56.8 Å². The summed E-state index contributed by atoms with van der Waals surface area (Å²) in [5.41, 5.74) is 0.378. The Bertz CT molecular complexity index is 1730. The number of benzene rings is 3. The average molecular weight is 581 g/mol. The van der Waals surface area contributed by atoms with E-state index in [9.17, 15) is 9.35 Å². The second-order valence-electron chi connectivity index (χ2n) is 9.01. The molecule has 10 nitrogen and oxygen atoms in total. The van der Waals surface area contributed by atoms with Crippen molar-refractivity contribution in [3.05, 3.63) is 101 Å². The van der Waals surface area contributed by atoms with Gasteiger partial charge in [-0.2, -0.15) is 0 Å². The molecule has 5 rings (SSSR count). The summed E-state index contributed by atoms with van der Waals surface area (Å²) >= 11 is -1.66. The van der Waals surface area contributed by atoms with Crippen molar-refractivity contribution < 1.29 is 22.8 Å². The molecule has 0 radical (unpaired) electrons. The maximum atomic E-state index is 15.8. The lowest BCUT2D eigenvalue weighted by Crippen LogP contribution is -2.31. The molecule has 0 saturated heterocycles. The van der Waals surface area contributed by atoms with Crippen molar-refractivity contribution in [2.75, 3.05) is 33.2 Å². The van der Waals surface area contributed by atoms with E-state index in [0.29, 0.717) is 11.2 Å². The molecule has 5 aromatic rings. The molecule has 13 heteroatoms. The van der Waals surface area contributed by atoms with Gasteiger partial charge in [-0.25, -0.2) is 18.7 Å². The number of nitrogens with zero attached hydrogens (tertiary/aromatic N) is 6. The first kappa shape index (κ1) is 28.1. The second-order valence-corrected chi connectivity index (χ2v) is 10.6. The van der Waals surface area contributed by atoms with Crippen LogP contribution in [0.2, 0.25) is 0 Å². The first-order valence-electron chi connectivity index (χ1n) is 12.3. The summed E-state index contributed by atoms with van der Waals surface area (Å²) in [6.07, 6.45) is 4.37. The first-order valence-corrected chi connectivity index (χ1v) is 13.4. The van der Waals surface area contributed by atoms with Gasteiger partial charge in [-0.3, -0.25) is 9.36 Å². The van der Waals surface area contributed by atoms with Gasteiger partial charge in [0.15, 0.2) is 40.5 Å². The van der Waals surface area contributed by atoms with Crippen molar-refractivity contribution in [1.82, 2.24) is 22.8 Å². The Balaban J connectivity index is 1.74. The van der Waals surface area contributed by atoms with Gasteiger partial charge in [0.05, 0.1) is 49.7 Å². The third kappa shape index (κ3) is 5.22. The molecular formula is C28H26F2N6O4S. The minimum Gasteiger partial charge on any atom is -0.573 e. The Hall–Kier alpha value is -4.46. The van der Waals surface area contributed by atoms with Crippen LogP contribution in [0.1, 0.15) is 5.82 Å². The minimum absolute atomic E-state index is 0.217. The molecule has 41 heavy (non-hydrogen) atoms. The number of hydrogen-bond donors (Lipinski definition) is 0. The van der Waals surface area contributed by atoms with E-state index in [2.05, 4.69) is 9.97 Å². The molecule has 0 fully saturated rings. The van der Waals surface area contributed by atoms with Crippen LogP contribution in [0.5, 0.6) is 11.5 Å². The van der Waals surface area contributed by atoms with Gasteiger partial charge in [-0.15, -0.1) is 8.28 Å². The van der Waals surface area contributed by atoms with Gasteiger partial charge in [-0.05, 0) is 30.3 Å². The molecule has 1 atom stereocenters. The number of anilines is 2. The van der Waals surface area contributed by atoms with Crippen LogP contribution in [-0.4, -0.2) is 55.7 Å². The van der Waals surface area contributed by atoms with Crippen molar-refractivity contribution in [2.45, 2.75) is 6.54 Å². The lowest BCUT2D eigenvalue weighted by Gasteiger charge is -2.27. The summed E-state index contributed by atoms with van der Waals surface area (Å²) < 4.78 is 59.2. The number of ether oxygens (including phenoxy) is 2. The van der Waals surface area contributed by atoms with Gasteiger partial charge in [-0.1, -0.05) is 18.2 Å². The first-order chi connectivity index (χ1) is 19.7. The van der Waals surface area contributed by atoms with Crippen molar-refractivity contribution in [1.29, 1.82) is 0 Å². The third-order valence-electron chi connectivity index (χ3n) is 6.37. The zero-order valence-electron chi connectivity index (χ0n) is 22.6. The standard InChI is InChI=1S/C28H26F2N6O4S/c1-33(2)41(38)36-13-12-31-24(36)16-34(27-25(29)22(39-3)15-23(40-4)26(27)30)19-10-11-21-20(14-19)28(37)35(17-32-21)18-8-6-5-7-9-18/h5-15,17H,16H2,1-4H3. The number of rotatable bonds is 9. The van der Waals surface area contributed by atoms with Crippen LogP contribution in [0.3, 0.4) is 0 Å². The maximum absolute atomic E-state index is 15.8. The molecule has 0 N–H and O–H groups in total. The largest absolute Gasteiger partial charge is 0.573 e. The van der Waals surface area contributed by atoms with Crippen LogP contribution in [0.25, 0.3) is 16.6 Å². The molecule has 0 amide bonds. The van der Waals surface area contributed by atoms with E-state index in [1.54, 1.807) is 50.5 Å². The van der Waals surface area contributed by atoms with E-state index in [1.807, 2.05) is 6.07 Å². The summed E-state index contributed by atoms with van der Waals surface area (Å²) in [6.45, 7) is -0.227. The quantitative estimate of drug-likeness (QED) is 0.239. The second kappa shape index (κ2) is 11.6. The molecule has 0 spiro atoms. The number of imidazole rings is 1. The fourth-order valence-corrected chi connectivity index (χ4v) is 5.15. The molecule has 0 aliphatic rings. The Kier molecular flexibility index (Phi) is 7.92. The molecule has 1 unspecified atom stereocenters. The molecule has 0 saturated carbocycles. The number of methoxy groups -OCH3 is 2. The van der Waals surface area contributed by atoms with Crippen molar-refractivity contribution in [3.8, 4) is 17.2 Å². The van der Waals surface area contributed by atoms with E-state index >= 15 is 8.78 Å². The smallest absolute Gasteiger partial charge is 0.265 e. The van der Waals surface area contributed by atoms with Crippen LogP contribution in [0.4, 0.5) is 20.2 Å². The van der Waals surface area contributed by atoms with E-state index in [-0.39, 0.29) is 40.5 Å². The molecule has 212 valence electrons. The normalized spacial score (nSPS) is 12.1. The summed E-state index contributed by atoms with van der Waals surface area (Å²) in [6, 6.07) is 14.7. The zero-order chi connectivity index (χ0) is 29.3. The Morgan fingerprint density at radius 3 is 2.29 bits per heavy atom. The highest BCUT2D eigenvalue weighted by Crippen LogP contribution is 2.41. The van der Waals surface area contributed by atoms with Crippen molar-refractivity contribution in [2.24, 2.45) is 0 Å².